The topological polar surface area (TPSA) is 21.6 Å². The summed E-state index contributed by atoms with van der Waals surface area (Å²) < 4.78 is 5.12. The Hall–Kier alpha value is -0.290. The van der Waals surface area contributed by atoms with E-state index in [0.29, 0.717) is 13.2 Å². The lowest BCUT2D eigenvalue weighted by molar-refractivity contribution is 0.335. The molecule has 1 aromatic carbocycles. The number of rotatable bonds is 2. The predicted molar refractivity (Wildman–Crippen MR) is 70.3 cm³/mol. The fourth-order valence-corrected chi connectivity index (χ4v) is 2.24. The van der Waals surface area contributed by atoms with E-state index in [0.717, 1.165) is 16.3 Å². The van der Waals surface area contributed by atoms with Gasteiger partial charge in [-0.15, -0.1) is 11.6 Å². The first kappa shape index (κ1) is 11.2. The van der Waals surface area contributed by atoms with Crippen LogP contribution >= 0.6 is 34.2 Å². The van der Waals surface area contributed by atoms with Crippen molar-refractivity contribution < 1.29 is 4.74 Å². The number of fused-ring (bicyclic) bond motifs is 1. The van der Waals surface area contributed by atoms with Crippen LogP contribution in [0.2, 0.25) is 0 Å². The molecular weight excluding hydrogens is 324 g/mol. The minimum absolute atomic E-state index is 0.393. The highest BCUT2D eigenvalue weighted by molar-refractivity contribution is 14.1. The van der Waals surface area contributed by atoms with Crippen molar-refractivity contribution in [2.45, 2.75) is 9.80 Å². The molecule has 0 aromatic heterocycles. The summed E-state index contributed by atoms with van der Waals surface area (Å²) >= 11 is 8.42. The Balaban J connectivity index is 2.60. The first-order valence-corrected chi connectivity index (χ1v) is 6.25. The van der Waals surface area contributed by atoms with Gasteiger partial charge in [-0.25, -0.2) is 0 Å². The molecule has 1 aromatic rings. The van der Waals surface area contributed by atoms with E-state index < -0.39 is 2.88 Å². The first-order chi connectivity index (χ1) is 7.12. The van der Waals surface area contributed by atoms with E-state index in [1.54, 1.807) is 0 Å². The third-order valence-corrected chi connectivity index (χ3v) is 3.03. The van der Waals surface area contributed by atoms with Crippen molar-refractivity contribution in [3.8, 4) is 5.75 Å². The summed E-state index contributed by atoms with van der Waals surface area (Å²) in [6.45, 7) is 3.21. The molecule has 0 amide bonds. The van der Waals surface area contributed by atoms with Gasteiger partial charge in [0.1, 0.15) is 14.0 Å². The van der Waals surface area contributed by atoms with Gasteiger partial charge in [-0.3, -0.25) is 4.99 Å². The van der Waals surface area contributed by atoms with Crippen molar-refractivity contribution in [2.75, 3.05) is 13.2 Å². The van der Waals surface area contributed by atoms with Gasteiger partial charge < -0.3 is 4.74 Å². The van der Waals surface area contributed by atoms with Crippen LogP contribution in [0.15, 0.2) is 23.2 Å². The molecule has 0 radical (unpaired) electrons. The summed E-state index contributed by atoms with van der Waals surface area (Å²) in [6.07, 6.45) is 2.03. The van der Waals surface area contributed by atoms with E-state index in [1.807, 2.05) is 31.2 Å². The number of alkyl halides is 2. The monoisotopic (exact) mass is 335 g/mol. The van der Waals surface area contributed by atoms with Gasteiger partial charge >= 0.3 is 0 Å². The van der Waals surface area contributed by atoms with Gasteiger partial charge in [0.2, 0.25) is 0 Å². The first-order valence-electron chi connectivity index (χ1n) is 4.79. The van der Waals surface area contributed by atoms with Crippen LogP contribution in [0.25, 0.3) is 6.08 Å². The molecule has 1 aliphatic heterocycles. The van der Waals surface area contributed by atoms with Crippen molar-refractivity contribution >= 4 is 40.3 Å². The molecule has 0 aliphatic carbocycles. The second kappa shape index (κ2) is 4.29. The van der Waals surface area contributed by atoms with Gasteiger partial charge in [-0.2, -0.15) is 0 Å². The van der Waals surface area contributed by atoms with Crippen molar-refractivity contribution in [3.05, 3.63) is 28.8 Å². The van der Waals surface area contributed by atoms with Gasteiger partial charge in [-0.1, -0.05) is 34.7 Å². The molecule has 0 fully saturated rings. The Bertz CT molecular complexity index is 484. The molecule has 1 atom stereocenters. The molecule has 2 rings (SSSR count). The smallest absolute Gasteiger partial charge is 0.145 e. The van der Waals surface area contributed by atoms with Crippen molar-refractivity contribution in [1.82, 2.24) is 0 Å². The molecule has 1 heterocycles. The second-order valence-corrected chi connectivity index (χ2v) is 6.59. The lowest BCUT2D eigenvalue weighted by Crippen LogP contribution is -2.36. The third kappa shape index (κ3) is 2.45. The van der Waals surface area contributed by atoms with Crippen LogP contribution in [0.3, 0.4) is 0 Å². The zero-order chi connectivity index (χ0) is 10.9. The Morgan fingerprint density at radius 1 is 1.60 bits per heavy atom. The summed E-state index contributed by atoms with van der Waals surface area (Å²) in [5, 5.41) is 1.98. The molecule has 0 bridgehead atoms. The molecule has 80 valence electrons. The maximum atomic E-state index is 6.23. The largest absolute Gasteiger partial charge is 0.492 e. The lowest BCUT2D eigenvalue weighted by atomic mass is 10.2. The standard InChI is InChI=1S/C11H11ClINO/c1-2-15-9-5-3-4-8-6-11(12,13)7-14-10(8)9/h3-6H,2,7H2,1H3. The summed E-state index contributed by atoms with van der Waals surface area (Å²) in [5.41, 5.74) is 0. The number of halogens is 2. The molecule has 0 saturated carbocycles. The average Bonchev–Trinajstić information content (AvgIpc) is 2.16. The molecule has 0 spiro atoms. The Morgan fingerprint density at radius 2 is 2.40 bits per heavy atom. The van der Waals surface area contributed by atoms with Crippen LogP contribution < -0.4 is 15.3 Å². The fraction of sp³-hybridized carbons (Fsp3) is 0.364. The van der Waals surface area contributed by atoms with E-state index >= 15 is 0 Å². The Kier molecular flexibility index (Phi) is 3.21. The van der Waals surface area contributed by atoms with Gasteiger partial charge in [0.25, 0.3) is 0 Å². The predicted octanol–water partition coefficient (Wildman–Crippen LogP) is 1.87. The molecule has 0 saturated heterocycles. The third-order valence-electron chi connectivity index (χ3n) is 2.14. The molecule has 15 heavy (non-hydrogen) atoms. The van der Waals surface area contributed by atoms with Crippen LogP contribution in [-0.4, -0.2) is 16.0 Å². The van der Waals surface area contributed by atoms with Crippen LogP contribution in [0.4, 0.5) is 0 Å². The van der Waals surface area contributed by atoms with Crippen molar-refractivity contribution in [1.29, 1.82) is 0 Å². The molecule has 1 aliphatic rings. The summed E-state index contributed by atoms with van der Waals surface area (Å²) in [6, 6.07) is 5.91. The second-order valence-electron chi connectivity index (χ2n) is 3.35. The number of hydrogen-bond donors (Lipinski definition) is 0. The van der Waals surface area contributed by atoms with Gasteiger partial charge in [0.15, 0.2) is 0 Å². The van der Waals surface area contributed by atoms with Gasteiger partial charge in [-0.05, 0) is 19.1 Å². The highest BCUT2D eigenvalue weighted by Gasteiger charge is 2.22. The quantitative estimate of drug-likeness (QED) is 0.597. The van der Waals surface area contributed by atoms with E-state index in [9.17, 15) is 0 Å². The molecule has 2 nitrogen and oxygen atoms in total. The fourth-order valence-electron chi connectivity index (χ4n) is 1.55. The number of nitrogens with zero attached hydrogens (tertiary/aromatic N) is 1. The van der Waals surface area contributed by atoms with Crippen molar-refractivity contribution in [3.63, 3.8) is 0 Å². The highest BCUT2D eigenvalue weighted by Crippen LogP contribution is 2.27. The van der Waals surface area contributed by atoms with E-state index in [1.165, 1.54) is 0 Å². The Morgan fingerprint density at radius 3 is 3.13 bits per heavy atom. The maximum absolute atomic E-state index is 6.23. The number of para-hydroxylation sites is 1. The van der Waals surface area contributed by atoms with Crippen LogP contribution in [0, 0.1) is 0 Å². The maximum Gasteiger partial charge on any atom is 0.145 e. The summed E-state index contributed by atoms with van der Waals surface area (Å²) in [7, 11) is 0. The van der Waals surface area contributed by atoms with E-state index in [2.05, 4.69) is 27.6 Å². The zero-order valence-corrected chi connectivity index (χ0v) is 11.2. The van der Waals surface area contributed by atoms with E-state index in [-0.39, 0.29) is 0 Å². The molecule has 0 N–H and O–H groups in total. The zero-order valence-electron chi connectivity index (χ0n) is 8.34. The molecular formula is C11H11ClINO. The number of benzene rings is 1. The SMILES string of the molecule is CCOc1cccc2c1=NCC(Cl)(I)C=2. The van der Waals surface area contributed by atoms with Crippen LogP contribution in [-0.2, 0) is 0 Å². The lowest BCUT2D eigenvalue weighted by Gasteiger charge is -2.16. The normalized spacial score (nSPS) is 23.7. The van der Waals surface area contributed by atoms with Crippen LogP contribution in [0.1, 0.15) is 6.92 Å². The summed E-state index contributed by atoms with van der Waals surface area (Å²) in [4.78, 5) is 4.47. The Labute approximate surface area is 107 Å². The number of hydrogen-bond acceptors (Lipinski definition) is 2. The number of ether oxygens (including phenoxy) is 1. The average molecular weight is 336 g/mol. The van der Waals surface area contributed by atoms with Gasteiger partial charge in [0, 0.05) is 5.22 Å². The minimum atomic E-state index is -0.393. The van der Waals surface area contributed by atoms with Crippen LogP contribution in [0.5, 0.6) is 5.75 Å². The minimum Gasteiger partial charge on any atom is -0.492 e. The molecule has 1 unspecified atom stereocenters. The highest BCUT2D eigenvalue weighted by atomic mass is 127. The summed E-state index contributed by atoms with van der Waals surface area (Å²) in [5.74, 6) is 0.842. The van der Waals surface area contributed by atoms with Gasteiger partial charge in [0.05, 0.1) is 13.2 Å². The van der Waals surface area contributed by atoms with E-state index in [4.69, 9.17) is 16.3 Å². The molecule has 4 heteroatoms. The van der Waals surface area contributed by atoms with Crippen molar-refractivity contribution in [2.24, 2.45) is 4.99 Å².